The molecule has 0 saturated heterocycles. The molecule has 0 bridgehead atoms. The average molecular weight is 248 g/mol. The lowest BCUT2D eigenvalue weighted by molar-refractivity contribution is 0.0953. The molecule has 0 atom stereocenters. The van der Waals surface area contributed by atoms with Crippen LogP contribution in [0, 0.1) is 0 Å². The fraction of sp³-hybridized carbons (Fsp3) is 0.385. The number of nitrogens with zero attached hydrogens (tertiary/aromatic N) is 1. The van der Waals surface area contributed by atoms with E-state index in [4.69, 9.17) is 0 Å². The van der Waals surface area contributed by atoms with Crippen molar-refractivity contribution in [1.82, 2.24) is 5.32 Å². The molecule has 90 valence electrons. The molecule has 4 heteroatoms. The van der Waals surface area contributed by atoms with E-state index in [1.165, 1.54) is 0 Å². The van der Waals surface area contributed by atoms with Crippen molar-refractivity contribution in [3.8, 4) is 0 Å². The molecule has 0 aliphatic heterocycles. The molecule has 1 rings (SSSR count). The van der Waals surface area contributed by atoms with Gasteiger partial charge in [-0.3, -0.25) is 4.79 Å². The maximum Gasteiger partial charge on any atom is 0.251 e. The minimum absolute atomic E-state index is 0.0182. The third-order valence-electron chi connectivity index (χ3n) is 2.33. The Hall–Kier alpha value is -1.51. The lowest BCUT2D eigenvalue weighted by Crippen LogP contribution is -2.23. The largest absolute Gasteiger partial charge is 0.352 e. The third kappa shape index (κ3) is 4.89. The summed E-state index contributed by atoms with van der Waals surface area (Å²) in [7, 11) is 0. The van der Waals surface area contributed by atoms with Crippen molar-refractivity contribution in [2.75, 3.05) is 13.1 Å². The van der Waals surface area contributed by atoms with E-state index in [1.54, 1.807) is 0 Å². The summed E-state index contributed by atoms with van der Waals surface area (Å²) in [5.41, 5.74) is 1.84. The molecule has 1 aromatic rings. The molecule has 3 nitrogen and oxygen atoms in total. The second kappa shape index (κ2) is 7.71. The van der Waals surface area contributed by atoms with E-state index in [1.807, 2.05) is 31.2 Å². The first-order chi connectivity index (χ1) is 8.27. The Morgan fingerprint density at radius 1 is 1.41 bits per heavy atom. The van der Waals surface area contributed by atoms with E-state index >= 15 is 0 Å². The zero-order chi connectivity index (χ0) is 12.5. The highest BCUT2D eigenvalue weighted by Crippen LogP contribution is 2.05. The van der Waals surface area contributed by atoms with Crippen molar-refractivity contribution < 1.29 is 4.79 Å². The van der Waals surface area contributed by atoms with E-state index in [0.29, 0.717) is 18.7 Å². The Balaban J connectivity index is 2.54. The van der Waals surface area contributed by atoms with E-state index in [0.717, 1.165) is 18.4 Å². The maximum atomic E-state index is 11.6. The zero-order valence-corrected chi connectivity index (χ0v) is 10.7. The fourth-order valence-corrected chi connectivity index (χ4v) is 1.49. The molecule has 17 heavy (non-hydrogen) atoms. The van der Waals surface area contributed by atoms with Crippen LogP contribution < -0.4 is 5.32 Å². The molecule has 0 spiro atoms. The first-order valence-corrected chi connectivity index (χ1v) is 6.09. The Kier molecular flexibility index (Phi) is 6.15. The van der Waals surface area contributed by atoms with Gasteiger partial charge in [0.25, 0.3) is 5.91 Å². The first-order valence-electron chi connectivity index (χ1n) is 5.68. The molecule has 0 aliphatic rings. The van der Waals surface area contributed by atoms with Gasteiger partial charge in [0.15, 0.2) is 0 Å². The lowest BCUT2D eigenvalue weighted by Gasteiger charge is -2.04. The molecule has 1 amide bonds. The number of aliphatic imine (C=N–C) groups is 1. The fourth-order valence-electron chi connectivity index (χ4n) is 1.39. The predicted molar refractivity (Wildman–Crippen MR) is 72.7 cm³/mol. The number of carbonyl (C=O) groups excluding carboxylic acids is 1. The molecular formula is C13H16N2OS. The van der Waals surface area contributed by atoms with Gasteiger partial charge in [-0.25, -0.2) is 4.99 Å². The molecular weight excluding hydrogens is 232 g/mol. The van der Waals surface area contributed by atoms with Crippen molar-refractivity contribution in [2.45, 2.75) is 19.8 Å². The first kappa shape index (κ1) is 13.6. The van der Waals surface area contributed by atoms with E-state index in [-0.39, 0.29) is 5.91 Å². The van der Waals surface area contributed by atoms with Crippen molar-refractivity contribution in [3.05, 3.63) is 35.4 Å². The van der Waals surface area contributed by atoms with Gasteiger partial charge in [0.2, 0.25) is 0 Å². The monoisotopic (exact) mass is 248 g/mol. The molecule has 0 heterocycles. The Morgan fingerprint density at radius 2 is 2.12 bits per heavy atom. The van der Waals surface area contributed by atoms with E-state index in [9.17, 15) is 4.79 Å². The predicted octanol–water partition coefficient (Wildman–Crippen LogP) is 2.47. The summed E-state index contributed by atoms with van der Waals surface area (Å²) in [6.45, 7) is 3.38. The van der Waals surface area contributed by atoms with Gasteiger partial charge in [-0.2, -0.15) is 0 Å². The smallest absolute Gasteiger partial charge is 0.251 e. The van der Waals surface area contributed by atoms with Gasteiger partial charge in [0, 0.05) is 12.1 Å². The number of carbonyl (C=O) groups is 1. The minimum Gasteiger partial charge on any atom is -0.352 e. The van der Waals surface area contributed by atoms with Gasteiger partial charge in [-0.05, 0) is 42.8 Å². The van der Waals surface area contributed by atoms with Crippen LogP contribution in [0.5, 0.6) is 0 Å². The highest BCUT2D eigenvalue weighted by Gasteiger charge is 2.03. The molecule has 0 saturated carbocycles. The number of hydrogen-bond donors (Lipinski definition) is 1. The van der Waals surface area contributed by atoms with Crippen molar-refractivity contribution in [2.24, 2.45) is 4.99 Å². The van der Waals surface area contributed by atoms with Crippen molar-refractivity contribution in [1.29, 1.82) is 0 Å². The number of thiocarbonyl (C=S) groups is 1. The summed E-state index contributed by atoms with van der Waals surface area (Å²) in [6.07, 6.45) is 1.76. The number of amides is 1. The highest BCUT2D eigenvalue weighted by atomic mass is 32.1. The second-order valence-electron chi connectivity index (χ2n) is 3.68. The van der Waals surface area contributed by atoms with Crippen LogP contribution in [0.2, 0.25) is 0 Å². The van der Waals surface area contributed by atoms with Gasteiger partial charge < -0.3 is 5.32 Å². The molecule has 1 N–H and O–H groups in total. The van der Waals surface area contributed by atoms with Crippen molar-refractivity contribution >= 4 is 23.3 Å². The number of isothiocyanates is 1. The normalized spacial score (nSPS) is 9.47. The molecule has 0 radical (unpaired) electrons. The number of nitrogens with one attached hydrogen (secondary N) is 1. The van der Waals surface area contributed by atoms with Crippen molar-refractivity contribution in [3.63, 3.8) is 0 Å². The standard InChI is InChI=1S/C13H16N2OS/c1-2-8-15-13(16)12-5-3-11(4-6-12)7-9-14-10-17/h3-6H,2,7-9H2,1H3,(H,15,16). The van der Waals surface area contributed by atoms with Crippen LogP contribution in [0.1, 0.15) is 29.3 Å². The minimum atomic E-state index is -0.0182. The third-order valence-corrected chi connectivity index (χ3v) is 2.46. The summed E-state index contributed by atoms with van der Waals surface area (Å²) in [4.78, 5) is 15.5. The van der Waals surface area contributed by atoms with Gasteiger partial charge >= 0.3 is 0 Å². The van der Waals surface area contributed by atoms with E-state index in [2.05, 4.69) is 27.7 Å². The summed E-state index contributed by atoms with van der Waals surface area (Å²) < 4.78 is 0. The molecule has 0 fully saturated rings. The Labute approximate surface area is 107 Å². The molecule has 0 aliphatic carbocycles. The number of hydrogen-bond acceptors (Lipinski definition) is 3. The van der Waals surface area contributed by atoms with Crippen LogP contribution in [0.3, 0.4) is 0 Å². The Bertz CT molecular complexity index is 408. The van der Waals surface area contributed by atoms with Gasteiger partial charge in [-0.15, -0.1) is 0 Å². The van der Waals surface area contributed by atoms with Gasteiger partial charge in [0.05, 0.1) is 11.7 Å². The Morgan fingerprint density at radius 3 is 2.71 bits per heavy atom. The van der Waals surface area contributed by atoms with Crippen LogP contribution in [0.15, 0.2) is 29.3 Å². The zero-order valence-electron chi connectivity index (χ0n) is 9.90. The summed E-state index contributed by atoms with van der Waals surface area (Å²) in [5, 5.41) is 5.17. The quantitative estimate of drug-likeness (QED) is 0.620. The van der Waals surface area contributed by atoms with Crippen LogP contribution in [0.25, 0.3) is 0 Å². The highest BCUT2D eigenvalue weighted by molar-refractivity contribution is 7.78. The SMILES string of the molecule is CCCNC(=O)c1ccc(CCN=C=S)cc1. The van der Waals surface area contributed by atoms with Crippen LogP contribution in [-0.2, 0) is 6.42 Å². The molecule has 0 aromatic heterocycles. The summed E-state index contributed by atoms with van der Waals surface area (Å²) >= 11 is 4.49. The van der Waals surface area contributed by atoms with Crippen LogP contribution >= 0.6 is 12.2 Å². The van der Waals surface area contributed by atoms with Crippen LogP contribution in [-0.4, -0.2) is 24.2 Å². The summed E-state index contributed by atoms with van der Waals surface area (Å²) in [6, 6.07) is 7.56. The summed E-state index contributed by atoms with van der Waals surface area (Å²) in [5.74, 6) is -0.0182. The van der Waals surface area contributed by atoms with Crippen LogP contribution in [0.4, 0.5) is 0 Å². The average Bonchev–Trinajstić information content (AvgIpc) is 2.37. The number of benzene rings is 1. The van der Waals surface area contributed by atoms with Gasteiger partial charge in [-0.1, -0.05) is 19.1 Å². The van der Waals surface area contributed by atoms with E-state index < -0.39 is 0 Å². The molecule has 1 aromatic carbocycles. The van der Waals surface area contributed by atoms with Gasteiger partial charge in [0.1, 0.15) is 0 Å². The maximum absolute atomic E-state index is 11.6. The second-order valence-corrected chi connectivity index (χ2v) is 3.86. The lowest BCUT2D eigenvalue weighted by atomic mass is 10.1. The topological polar surface area (TPSA) is 41.5 Å². The molecule has 0 unspecified atom stereocenters. The number of rotatable bonds is 6.